The number of anilines is 1. The molecule has 5 heteroatoms. The van der Waals surface area contributed by atoms with Crippen LogP contribution < -0.4 is 5.43 Å². The Morgan fingerprint density at radius 1 is 1.12 bits per heavy atom. The summed E-state index contributed by atoms with van der Waals surface area (Å²) in [5, 5.41) is 16.4. The molecule has 3 aromatic rings. The summed E-state index contributed by atoms with van der Waals surface area (Å²) < 4.78 is 0. The van der Waals surface area contributed by atoms with Crippen LogP contribution in [0, 0.1) is 20.8 Å². The van der Waals surface area contributed by atoms with Crippen molar-refractivity contribution >= 4 is 22.7 Å². The lowest BCUT2D eigenvalue weighted by molar-refractivity contribution is 0.475. The maximum atomic E-state index is 9.44. The highest BCUT2D eigenvalue weighted by Gasteiger charge is 2.10. The average Bonchev–Trinajstić information content (AvgIpc) is 2.95. The fourth-order valence-electron chi connectivity index (χ4n) is 2.79. The van der Waals surface area contributed by atoms with Gasteiger partial charge in [0.25, 0.3) is 0 Å². The highest BCUT2D eigenvalue weighted by atomic mass is 32.1. The Morgan fingerprint density at radius 3 is 2.58 bits per heavy atom. The average molecular weight is 337 g/mol. The molecule has 0 spiro atoms. The van der Waals surface area contributed by atoms with E-state index >= 15 is 0 Å². The molecule has 0 amide bonds. The Labute approximate surface area is 145 Å². The van der Waals surface area contributed by atoms with Crippen molar-refractivity contribution in [3.05, 3.63) is 64.0 Å². The van der Waals surface area contributed by atoms with E-state index in [1.165, 1.54) is 33.6 Å². The van der Waals surface area contributed by atoms with Gasteiger partial charge in [-0.25, -0.2) is 4.98 Å². The minimum atomic E-state index is 0.223. The molecule has 122 valence electrons. The predicted octanol–water partition coefficient (Wildman–Crippen LogP) is 4.89. The predicted molar refractivity (Wildman–Crippen MR) is 101 cm³/mol. The standard InChI is InChI=1S/C19H19N3OS/c1-12-7-13(2)18(14(3)8-12)17-11-24-19(21-17)22-20-10-15-5-4-6-16(23)9-15/h4-11,23H,1-3H3,(H,21,22)/b20-10-. The highest BCUT2D eigenvalue weighted by molar-refractivity contribution is 7.14. The fraction of sp³-hybridized carbons (Fsp3) is 0.158. The molecule has 0 saturated carbocycles. The minimum Gasteiger partial charge on any atom is -0.508 e. The van der Waals surface area contributed by atoms with Crippen molar-refractivity contribution in [3.63, 3.8) is 0 Å². The number of phenols is 1. The van der Waals surface area contributed by atoms with Crippen molar-refractivity contribution in [2.75, 3.05) is 5.43 Å². The van der Waals surface area contributed by atoms with Crippen LogP contribution in [0.1, 0.15) is 22.3 Å². The highest BCUT2D eigenvalue weighted by Crippen LogP contribution is 2.31. The molecule has 0 saturated heterocycles. The summed E-state index contributed by atoms with van der Waals surface area (Å²) in [5.41, 5.74) is 9.64. The summed E-state index contributed by atoms with van der Waals surface area (Å²) in [6, 6.07) is 11.3. The van der Waals surface area contributed by atoms with Gasteiger partial charge in [-0.3, -0.25) is 5.43 Å². The van der Waals surface area contributed by atoms with Crippen LogP contribution in [0.15, 0.2) is 46.9 Å². The third-order valence-corrected chi connectivity index (χ3v) is 4.43. The molecule has 1 heterocycles. The van der Waals surface area contributed by atoms with Gasteiger partial charge in [-0.2, -0.15) is 5.10 Å². The number of hydrogen-bond donors (Lipinski definition) is 2. The normalized spacial score (nSPS) is 11.1. The van der Waals surface area contributed by atoms with Gasteiger partial charge in [0.05, 0.1) is 11.9 Å². The zero-order valence-corrected chi connectivity index (χ0v) is 14.7. The van der Waals surface area contributed by atoms with Crippen molar-refractivity contribution < 1.29 is 5.11 Å². The molecule has 2 aromatic carbocycles. The number of rotatable bonds is 4. The van der Waals surface area contributed by atoms with Crippen LogP contribution in [0.4, 0.5) is 5.13 Å². The quantitative estimate of drug-likeness (QED) is 0.526. The van der Waals surface area contributed by atoms with E-state index in [9.17, 15) is 5.11 Å². The topological polar surface area (TPSA) is 57.5 Å². The largest absolute Gasteiger partial charge is 0.508 e. The van der Waals surface area contributed by atoms with E-state index in [1.807, 2.05) is 11.4 Å². The van der Waals surface area contributed by atoms with Gasteiger partial charge in [0, 0.05) is 10.9 Å². The van der Waals surface area contributed by atoms with Crippen molar-refractivity contribution in [2.24, 2.45) is 5.10 Å². The van der Waals surface area contributed by atoms with Gasteiger partial charge in [0.15, 0.2) is 0 Å². The zero-order valence-electron chi connectivity index (χ0n) is 13.9. The number of benzene rings is 2. The molecule has 0 fully saturated rings. The molecule has 0 aliphatic rings. The third-order valence-electron chi connectivity index (χ3n) is 3.68. The lowest BCUT2D eigenvalue weighted by atomic mass is 9.98. The summed E-state index contributed by atoms with van der Waals surface area (Å²) in [4.78, 5) is 4.62. The molecular weight excluding hydrogens is 318 g/mol. The molecule has 0 radical (unpaired) electrons. The van der Waals surface area contributed by atoms with Gasteiger partial charge in [-0.05, 0) is 49.6 Å². The van der Waals surface area contributed by atoms with E-state index in [1.54, 1.807) is 24.4 Å². The second-order valence-corrected chi connectivity index (χ2v) is 6.63. The molecule has 0 bridgehead atoms. The van der Waals surface area contributed by atoms with E-state index in [4.69, 9.17) is 0 Å². The number of aromatic nitrogens is 1. The first-order chi connectivity index (χ1) is 11.5. The second kappa shape index (κ2) is 6.84. The number of aryl methyl sites for hydroxylation is 3. The minimum absolute atomic E-state index is 0.223. The van der Waals surface area contributed by atoms with Gasteiger partial charge in [0.2, 0.25) is 5.13 Å². The Kier molecular flexibility index (Phi) is 4.62. The zero-order chi connectivity index (χ0) is 17.1. The summed E-state index contributed by atoms with van der Waals surface area (Å²) >= 11 is 1.52. The molecule has 0 aliphatic carbocycles. The van der Waals surface area contributed by atoms with Crippen molar-refractivity contribution in [1.29, 1.82) is 0 Å². The SMILES string of the molecule is Cc1cc(C)c(-c2csc(N/N=C\c3cccc(O)c3)n2)c(C)c1. The number of nitrogens with zero attached hydrogens (tertiary/aromatic N) is 2. The number of aromatic hydroxyl groups is 1. The van der Waals surface area contributed by atoms with Gasteiger partial charge in [0.1, 0.15) is 5.75 Å². The third kappa shape index (κ3) is 3.63. The van der Waals surface area contributed by atoms with E-state index in [-0.39, 0.29) is 5.75 Å². The molecule has 24 heavy (non-hydrogen) atoms. The van der Waals surface area contributed by atoms with Gasteiger partial charge >= 0.3 is 0 Å². The van der Waals surface area contributed by atoms with Gasteiger partial charge in [-0.1, -0.05) is 29.8 Å². The first kappa shape index (κ1) is 16.2. The maximum Gasteiger partial charge on any atom is 0.203 e. The van der Waals surface area contributed by atoms with Crippen molar-refractivity contribution in [2.45, 2.75) is 20.8 Å². The van der Waals surface area contributed by atoms with Crippen LogP contribution in [0.3, 0.4) is 0 Å². The first-order valence-corrected chi connectivity index (χ1v) is 8.53. The Bertz CT molecular complexity index is 876. The molecule has 4 nitrogen and oxygen atoms in total. The number of hydrogen-bond acceptors (Lipinski definition) is 5. The fourth-order valence-corrected chi connectivity index (χ4v) is 3.44. The van der Waals surface area contributed by atoms with Crippen LogP contribution in [0.25, 0.3) is 11.3 Å². The number of nitrogens with one attached hydrogen (secondary N) is 1. The van der Waals surface area contributed by atoms with E-state index in [2.05, 4.69) is 48.4 Å². The summed E-state index contributed by atoms with van der Waals surface area (Å²) in [6.07, 6.45) is 1.66. The van der Waals surface area contributed by atoms with E-state index < -0.39 is 0 Å². The van der Waals surface area contributed by atoms with Gasteiger partial charge in [-0.15, -0.1) is 11.3 Å². The van der Waals surface area contributed by atoms with E-state index in [0.29, 0.717) is 0 Å². The summed E-state index contributed by atoms with van der Waals surface area (Å²) in [7, 11) is 0. The molecule has 2 N–H and O–H groups in total. The monoisotopic (exact) mass is 337 g/mol. The second-order valence-electron chi connectivity index (χ2n) is 5.78. The molecule has 0 atom stereocenters. The molecule has 3 rings (SSSR count). The van der Waals surface area contributed by atoms with Crippen LogP contribution in [0.5, 0.6) is 5.75 Å². The molecule has 0 unspecified atom stereocenters. The maximum absolute atomic E-state index is 9.44. The Morgan fingerprint density at radius 2 is 1.88 bits per heavy atom. The summed E-state index contributed by atoms with van der Waals surface area (Å²) in [5.74, 6) is 0.223. The van der Waals surface area contributed by atoms with Crippen LogP contribution in [0.2, 0.25) is 0 Å². The number of phenolic OH excluding ortho intramolecular Hbond substituents is 1. The smallest absolute Gasteiger partial charge is 0.203 e. The lowest BCUT2D eigenvalue weighted by Gasteiger charge is -2.08. The molecular formula is C19H19N3OS. The lowest BCUT2D eigenvalue weighted by Crippen LogP contribution is -1.92. The van der Waals surface area contributed by atoms with Crippen molar-refractivity contribution in [1.82, 2.24) is 4.98 Å². The molecule has 1 aromatic heterocycles. The van der Waals surface area contributed by atoms with Crippen LogP contribution in [-0.4, -0.2) is 16.3 Å². The number of thiazole rings is 1. The van der Waals surface area contributed by atoms with Crippen molar-refractivity contribution in [3.8, 4) is 17.0 Å². The number of hydrazone groups is 1. The van der Waals surface area contributed by atoms with E-state index in [0.717, 1.165) is 16.4 Å². The van der Waals surface area contributed by atoms with Gasteiger partial charge < -0.3 is 5.11 Å². The van der Waals surface area contributed by atoms with Crippen LogP contribution in [-0.2, 0) is 0 Å². The summed E-state index contributed by atoms with van der Waals surface area (Å²) in [6.45, 7) is 6.33. The molecule has 0 aliphatic heterocycles. The first-order valence-electron chi connectivity index (χ1n) is 7.65. The Hall–Kier alpha value is -2.66. The Balaban J connectivity index is 1.77. The van der Waals surface area contributed by atoms with Crippen LogP contribution >= 0.6 is 11.3 Å².